The predicted octanol–water partition coefficient (Wildman–Crippen LogP) is 3.24. The zero-order valence-corrected chi connectivity index (χ0v) is 15.4. The number of piperidine rings is 1. The second-order valence-corrected chi connectivity index (χ2v) is 6.81. The SMILES string of the molecule is O=C(Nc1cccc(CN2CCCCC2=O)c1)c1n[nH]nc1-c1ccccc1. The van der Waals surface area contributed by atoms with Crippen molar-refractivity contribution in [3.05, 3.63) is 65.9 Å². The largest absolute Gasteiger partial charge is 0.338 e. The Morgan fingerprint density at radius 3 is 2.75 bits per heavy atom. The first kappa shape index (κ1) is 17.9. The number of H-pyrrole nitrogens is 1. The molecule has 0 saturated carbocycles. The van der Waals surface area contributed by atoms with E-state index in [1.807, 2.05) is 59.5 Å². The van der Waals surface area contributed by atoms with E-state index in [9.17, 15) is 9.59 Å². The van der Waals surface area contributed by atoms with Gasteiger partial charge >= 0.3 is 0 Å². The quantitative estimate of drug-likeness (QED) is 0.716. The summed E-state index contributed by atoms with van der Waals surface area (Å²) in [6.07, 6.45) is 2.62. The fourth-order valence-corrected chi connectivity index (χ4v) is 3.37. The minimum absolute atomic E-state index is 0.191. The monoisotopic (exact) mass is 375 g/mol. The van der Waals surface area contributed by atoms with Crippen LogP contribution in [0.4, 0.5) is 5.69 Å². The summed E-state index contributed by atoms with van der Waals surface area (Å²) in [6, 6.07) is 17.0. The van der Waals surface area contributed by atoms with Gasteiger partial charge in [-0.15, -0.1) is 0 Å². The average molecular weight is 375 g/mol. The molecule has 2 heterocycles. The predicted molar refractivity (Wildman–Crippen MR) is 105 cm³/mol. The molecule has 28 heavy (non-hydrogen) atoms. The van der Waals surface area contributed by atoms with Gasteiger partial charge in [0.2, 0.25) is 5.91 Å². The summed E-state index contributed by atoms with van der Waals surface area (Å²) in [5, 5.41) is 13.5. The Kier molecular flexibility index (Phi) is 5.14. The molecule has 0 unspecified atom stereocenters. The van der Waals surface area contributed by atoms with E-state index in [0.29, 0.717) is 24.3 Å². The number of nitrogens with zero attached hydrogens (tertiary/aromatic N) is 3. The highest BCUT2D eigenvalue weighted by atomic mass is 16.2. The van der Waals surface area contributed by atoms with E-state index >= 15 is 0 Å². The van der Waals surface area contributed by atoms with Crippen molar-refractivity contribution in [3.8, 4) is 11.3 Å². The van der Waals surface area contributed by atoms with Crippen molar-refractivity contribution in [2.45, 2.75) is 25.8 Å². The van der Waals surface area contributed by atoms with Gasteiger partial charge < -0.3 is 10.2 Å². The molecule has 1 aliphatic heterocycles. The topological polar surface area (TPSA) is 91.0 Å². The molecule has 7 nitrogen and oxygen atoms in total. The smallest absolute Gasteiger partial charge is 0.278 e. The van der Waals surface area contributed by atoms with Crippen LogP contribution in [0, 0.1) is 0 Å². The number of amides is 2. The summed E-state index contributed by atoms with van der Waals surface area (Å²) in [4.78, 5) is 26.6. The second-order valence-electron chi connectivity index (χ2n) is 6.81. The van der Waals surface area contributed by atoms with Crippen LogP contribution in [0.1, 0.15) is 35.3 Å². The minimum atomic E-state index is -0.334. The minimum Gasteiger partial charge on any atom is -0.338 e. The number of nitrogens with one attached hydrogen (secondary N) is 2. The van der Waals surface area contributed by atoms with Gasteiger partial charge in [-0.05, 0) is 30.5 Å². The van der Waals surface area contributed by atoms with Gasteiger partial charge in [-0.2, -0.15) is 15.4 Å². The molecule has 4 rings (SSSR count). The summed E-state index contributed by atoms with van der Waals surface area (Å²) in [5.41, 5.74) is 3.21. The lowest BCUT2D eigenvalue weighted by Crippen LogP contribution is -2.34. The lowest BCUT2D eigenvalue weighted by atomic mass is 10.1. The molecule has 1 fully saturated rings. The molecule has 7 heteroatoms. The molecule has 0 radical (unpaired) electrons. The summed E-state index contributed by atoms with van der Waals surface area (Å²) in [7, 11) is 0. The molecule has 0 spiro atoms. The number of carbonyl (C=O) groups excluding carboxylic acids is 2. The van der Waals surface area contributed by atoms with Crippen molar-refractivity contribution in [3.63, 3.8) is 0 Å². The molecule has 142 valence electrons. The Labute approximate surface area is 162 Å². The molecule has 0 bridgehead atoms. The highest BCUT2D eigenvalue weighted by Gasteiger charge is 2.20. The van der Waals surface area contributed by atoms with Crippen LogP contribution in [-0.2, 0) is 11.3 Å². The standard InChI is InChI=1S/C21H21N5O2/c27-18-11-4-5-12-26(18)14-15-7-6-10-17(13-15)22-21(28)20-19(23-25-24-20)16-8-2-1-3-9-16/h1-3,6-10,13H,4-5,11-12,14H2,(H,22,28)(H,23,24,25). The van der Waals surface area contributed by atoms with Crippen LogP contribution in [0.5, 0.6) is 0 Å². The van der Waals surface area contributed by atoms with Crippen LogP contribution in [0.15, 0.2) is 54.6 Å². The van der Waals surface area contributed by atoms with Crippen molar-refractivity contribution in [1.82, 2.24) is 20.3 Å². The van der Waals surface area contributed by atoms with Gasteiger partial charge in [-0.25, -0.2) is 0 Å². The van der Waals surface area contributed by atoms with Crippen molar-refractivity contribution in [2.75, 3.05) is 11.9 Å². The van der Waals surface area contributed by atoms with Crippen molar-refractivity contribution in [2.24, 2.45) is 0 Å². The van der Waals surface area contributed by atoms with Crippen molar-refractivity contribution >= 4 is 17.5 Å². The molecule has 1 saturated heterocycles. The van der Waals surface area contributed by atoms with Crippen molar-refractivity contribution in [1.29, 1.82) is 0 Å². The molecule has 3 aromatic rings. The van der Waals surface area contributed by atoms with E-state index in [4.69, 9.17) is 0 Å². The van der Waals surface area contributed by atoms with Gasteiger partial charge in [0.05, 0.1) is 0 Å². The number of hydrogen-bond donors (Lipinski definition) is 2. The van der Waals surface area contributed by atoms with E-state index in [2.05, 4.69) is 20.7 Å². The number of carbonyl (C=O) groups is 2. The van der Waals surface area contributed by atoms with Crippen LogP contribution >= 0.6 is 0 Å². The maximum Gasteiger partial charge on any atom is 0.278 e. The zero-order chi connectivity index (χ0) is 19.3. The second kappa shape index (κ2) is 8.04. The van der Waals surface area contributed by atoms with Crippen LogP contribution < -0.4 is 5.32 Å². The lowest BCUT2D eigenvalue weighted by Gasteiger charge is -2.26. The Morgan fingerprint density at radius 2 is 1.93 bits per heavy atom. The van der Waals surface area contributed by atoms with Crippen LogP contribution in [0.2, 0.25) is 0 Å². The number of rotatable bonds is 5. The number of anilines is 1. The molecule has 0 aliphatic carbocycles. The summed E-state index contributed by atoms with van der Waals surface area (Å²) in [6.45, 7) is 1.34. The number of aromatic amines is 1. The van der Waals surface area contributed by atoms with Gasteiger partial charge in [0.1, 0.15) is 5.69 Å². The Morgan fingerprint density at radius 1 is 1.07 bits per heavy atom. The van der Waals surface area contributed by atoms with Crippen LogP contribution in [0.3, 0.4) is 0 Å². The molecule has 2 N–H and O–H groups in total. The first-order chi connectivity index (χ1) is 13.7. The van der Waals surface area contributed by atoms with Gasteiger partial charge in [0.15, 0.2) is 5.69 Å². The highest BCUT2D eigenvalue weighted by molar-refractivity contribution is 6.06. The summed E-state index contributed by atoms with van der Waals surface area (Å²) < 4.78 is 0. The fourth-order valence-electron chi connectivity index (χ4n) is 3.37. The van der Waals surface area contributed by atoms with E-state index in [1.165, 1.54) is 0 Å². The number of benzene rings is 2. The molecular weight excluding hydrogens is 354 g/mol. The average Bonchev–Trinajstić information content (AvgIpc) is 3.21. The Balaban J connectivity index is 1.49. The Bertz CT molecular complexity index is 983. The van der Waals surface area contributed by atoms with Gasteiger partial charge in [-0.3, -0.25) is 9.59 Å². The van der Waals surface area contributed by atoms with Crippen LogP contribution in [0.25, 0.3) is 11.3 Å². The first-order valence-electron chi connectivity index (χ1n) is 9.35. The molecule has 0 atom stereocenters. The van der Waals surface area contributed by atoms with E-state index in [1.54, 1.807) is 0 Å². The van der Waals surface area contributed by atoms with Gasteiger partial charge in [0, 0.05) is 30.8 Å². The molecular formula is C21H21N5O2. The number of likely N-dealkylation sites (tertiary alicyclic amines) is 1. The first-order valence-corrected chi connectivity index (χ1v) is 9.35. The third-order valence-corrected chi connectivity index (χ3v) is 4.79. The van der Waals surface area contributed by atoms with E-state index < -0.39 is 0 Å². The fraction of sp³-hybridized carbons (Fsp3) is 0.238. The van der Waals surface area contributed by atoms with E-state index in [0.717, 1.165) is 30.5 Å². The normalized spacial score (nSPS) is 14.1. The van der Waals surface area contributed by atoms with Gasteiger partial charge in [0.25, 0.3) is 5.91 Å². The summed E-state index contributed by atoms with van der Waals surface area (Å²) >= 11 is 0. The Hall–Kier alpha value is -3.48. The zero-order valence-electron chi connectivity index (χ0n) is 15.4. The third-order valence-electron chi connectivity index (χ3n) is 4.79. The van der Waals surface area contributed by atoms with Gasteiger partial charge in [-0.1, -0.05) is 42.5 Å². The van der Waals surface area contributed by atoms with Crippen molar-refractivity contribution < 1.29 is 9.59 Å². The summed E-state index contributed by atoms with van der Waals surface area (Å²) in [5.74, 6) is -0.144. The van der Waals surface area contributed by atoms with Crippen LogP contribution in [-0.4, -0.2) is 38.7 Å². The van der Waals surface area contributed by atoms with E-state index in [-0.39, 0.29) is 17.5 Å². The molecule has 2 amide bonds. The lowest BCUT2D eigenvalue weighted by molar-refractivity contribution is -0.133. The highest BCUT2D eigenvalue weighted by Crippen LogP contribution is 2.21. The number of hydrogen-bond acceptors (Lipinski definition) is 4. The molecule has 1 aliphatic rings. The maximum absolute atomic E-state index is 12.7. The third kappa shape index (κ3) is 3.93. The number of aromatic nitrogens is 3. The molecule has 1 aromatic heterocycles. The molecule has 2 aromatic carbocycles. The maximum atomic E-state index is 12.7.